The van der Waals surface area contributed by atoms with Gasteiger partial charge in [0.1, 0.15) is 24.2 Å². The number of ether oxygens (including phenoxy) is 3. The fraction of sp³-hybridized carbons (Fsp3) is 0.500. The first-order chi connectivity index (χ1) is 16.6. The number of hydrogen-bond donors (Lipinski definition) is 1. The van der Waals surface area contributed by atoms with Crippen LogP contribution in [0.25, 0.3) is 0 Å². The maximum atomic E-state index is 14.1. The summed E-state index contributed by atoms with van der Waals surface area (Å²) in [7, 11) is 0. The molecule has 11 nitrogen and oxygen atoms in total. The minimum absolute atomic E-state index is 0.0662. The van der Waals surface area contributed by atoms with Crippen LogP contribution in [0.2, 0.25) is 0 Å². The Balaban J connectivity index is 1.25. The van der Waals surface area contributed by atoms with Crippen LogP contribution in [-0.2, 0) is 4.79 Å². The summed E-state index contributed by atoms with van der Waals surface area (Å²) in [5.74, 6) is -2.48. The normalized spacial score (nSPS) is 18.9. The van der Waals surface area contributed by atoms with Gasteiger partial charge in [0.2, 0.25) is 5.91 Å². The van der Waals surface area contributed by atoms with Crippen molar-refractivity contribution in [3.05, 3.63) is 40.3 Å². The third-order valence-corrected chi connectivity index (χ3v) is 5.49. The van der Waals surface area contributed by atoms with Crippen LogP contribution in [-0.4, -0.2) is 64.0 Å². The molecule has 1 aromatic heterocycles. The van der Waals surface area contributed by atoms with Gasteiger partial charge in [-0.05, 0) is 29.9 Å². The number of hydrogen-bond acceptors (Lipinski definition) is 8. The molecule has 1 aromatic carbocycles. The number of halogens is 4. The van der Waals surface area contributed by atoms with Crippen LogP contribution in [0.1, 0.15) is 25.4 Å². The van der Waals surface area contributed by atoms with Crippen LogP contribution >= 0.6 is 0 Å². The van der Waals surface area contributed by atoms with Crippen molar-refractivity contribution in [2.45, 2.75) is 37.9 Å². The first-order valence-corrected chi connectivity index (χ1v) is 10.7. The van der Waals surface area contributed by atoms with Crippen molar-refractivity contribution in [1.82, 2.24) is 19.8 Å². The molecule has 1 amide bonds. The fourth-order valence-electron chi connectivity index (χ4n) is 3.90. The van der Waals surface area contributed by atoms with Gasteiger partial charge in [0.05, 0.1) is 13.2 Å². The van der Waals surface area contributed by atoms with Gasteiger partial charge in [-0.3, -0.25) is 14.3 Å². The van der Waals surface area contributed by atoms with E-state index in [1.807, 2.05) is 4.90 Å². The number of nitrogens with zero attached hydrogens (tertiary/aromatic N) is 4. The first-order valence-electron chi connectivity index (χ1n) is 10.7. The van der Waals surface area contributed by atoms with E-state index in [9.17, 15) is 32.5 Å². The van der Waals surface area contributed by atoms with Crippen LogP contribution in [0, 0.1) is 15.9 Å². The first kappa shape index (κ1) is 24.5. The molecule has 0 aliphatic carbocycles. The smallest absolute Gasteiger partial charge is 0.487 e. The van der Waals surface area contributed by atoms with Crippen molar-refractivity contribution < 1.29 is 41.5 Å². The molecule has 0 radical (unpaired) electrons. The lowest BCUT2D eigenvalue weighted by Gasteiger charge is -2.32. The Hall–Kier alpha value is -3.62. The summed E-state index contributed by atoms with van der Waals surface area (Å²) in [6.07, 6.45) is -3.24. The van der Waals surface area contributed by atoms with Crippen molar-refractivity contribution in [2.75, 3.05) is 26.2 Å². The highest BCUT2D eigenvalue weighted by molar-refractivity contribution is 5.78. The zero-order valence-corrected chi connectivity index (χ0v) is 18.2. The molecule has 35 heavy (non-hydrogen) atoms. The summed E-state index contributed by atoms with van der Waals surface area (Å²) in [6, 6.07) is 2.73. The lowest BCUT2D eigenvalue weighted by atomic mass is 10.1. The fourth-order valence-corrected chi connectivity index (χ4v) is 3.90. The molecule has 0 unspecified atom stereocenters. The molecule has 1 atom stereocenters. The maximum absolute atomic E-state index is 14.1. The summed E-state index contributed by atoms with van der Waals surface area (Å²) in [6.45, 7) is 1.28. The molecule has 2 aliphatic rings. The highest BCUT2D eigenvalue weighted by Crippen LogP contribution is 2.30. The van der Waals surface area contributed by atoms with E-state index in [1.54, 1.807) is 0 Å². The number of rotatable bonds is 7. The van der Waals surface area contributed by atoms with Gasteiger partial charge in [-0.15, -0.1) is 13.2 Å². The number of fused-ring (bicyclic) bond motifs is 1. The summed E-state index contributed by atoms with van der Waals surface area (Å²) < 4.78 is 66.9. The number of benzene rings is 1. The van der Waals surface area contributed by atoms with E-state index in [-0.39, 0.29) is 42.7 Å². The minimum Gasteiger partial charge on any atom is -0.487 e. The molecule has 0 spiro atoms. The number of amides is 1. The van der Waals surface area contributed by atoms with Crippen molar-refractivity contribution in [1.29, 1.82) is 0 Å². The van der Waals surface area contributed by atoms with Gasteiger partial charge in [0.25, 0.3) is 0 Å². The van der Waals surface area contributed by atoms with Crippen molar-refractivity contribution in [2.24, 2.45) is 0 Å². The van der Waals surface area contributed by atoms with Gasteiger partial charge >= 0.3 is 18.2 Å². The molecule has 4 rings (SSSR count). The SMILES string of the molecule is O=C(CN1CCC(Oc2ccc(OC(F)(F)F)cc2F)CC1)N[C@@H]1CCOc2nc([N+](=O)[O-])cn21. The lowest BCUT2D eigenvalue weighted by Crippen LogP contribution is -2.45. The Morgan fingerprint density at radius 2 is 2.03 bits per heavy atom. The second kappa shape index (κ2) is 9.93. The van der Waals surface area contributed by atoms with Crippen molar-refractivity contribution in [3.8, 4) is 17.5 Å². The zero-order valence-electron chi connectivity index (χ0n) is 18.2. The molecule has 3 heterocycles. The second-order valence-corrected chi connectivity index (χ2v) is 8.00. The standard InChI is InChI=1S/C20H21F4N5O6/c21-14-9-13(35-20(22,23)24)1-2-15(14)34-12-3-6-27(7-4-12)11-18(30)25-16-5-8-33-19-26-17(29(31)32)10-28(16)19/h1-2,9-10,12,16H,3-8,11H2,(H,25,30)/t16-/m0/s1. The minimum atomic E-state index is -4.92. The molecular formula is C20H21F4N5O6. The Labute approximate surface area is 195 Å². The third-order valence-electron chi connectivity index (χ3n) is 5.49. The number of carbonyl (C=O) groups is 1. The molecule has 0 bridgehead atoms. The maximum Gasteiger partial charge on any atom is 0.573 e. The molecule has 190 valence electrons. The van der Waals surface area contributed by atoms with E-state index in [0.717, 1.165) is 12.1 Å². The number of imidazole rings is 1. The Kier molecular flexibility index (Phi) is 6.95. The van der Waals surface area contributed by atoms with Crippen molar-refractivity contribution >= 4 is 11.7 Å². The highest BCUT2D eigenvalue weighted by Gasteiger charge is 2.32. The van der Waals surface area contributed by atoms with E-state index in [1.165, 1.54) is 10.8 Å². The van der Waals surface area contributed by atoms with Gasteiger partial charge in [0.15, 0.2) is 11.6 Å². The van der Waals surface area contributed by atoms with Gasteiger partial charge in [-0.1, -0.05) is 0 Å². The predicted octanol–water partition coefficient (Wildman–Crippen LogP) is 2.77. The monoisotopic (exact) mass is 503 g/mol. The highest BCUT2D eigenvalue weighted by atomic mass is 19.4. The van der Waals surface area contributed by atoms with Gasteiger partial charge in [-0.2, -0.15) is 0 Å². The van der Waals surface area contributed by atoms with Crippen LogP contribution in [0.5, 0.6) is 17.5 Å². The van der Waals surface area contributed by atoms with E-state index in [4.69, 9.17) is 9.47 Å². The largest absolute Gasteiger partial charge is 0.573 e. The Morgan fingerprint density at radius 1 is 1.29 bits per heavy atom. The lowest BCUT2D eigenvalue weighted by molar-refractivity contribution is -0.389. The predicted molar refractivity (Wildman–Crippen MR) is 109 cm³/mol. The molecule has 1 N–H and O–H groups in total. The number of aromatic nitrogens is 2. The summed E-state index contributed by atoms with van der Waals surface area (Å²) >= 11 is 0. The Bertz CT molecular complexity index is 1090. The second-order valence-electron chi connectivity index (χ2n) is 8.00. The summed E-state index contributed by atoms with van der Waals surface area (Å²) in [5.41, 5.74) is 0. The van der Waals surface area contributed by atoms with Crippen LogP contribution in [0.15, 0.2) is 24.4 Å². The number of carbonyl (C=O) groups excluding carboxylic acids is 1. The topological polar surface area (TPSA) is 121 Å². The molecule has 0 saturated carbocycles. The number of nitrogens with one attached hydrogen (secondary N) is 1. The van der Waals surface area contributed by atoms with E-state index in [0.29, 0.717) is 38.4 Å². The van der Waals surface area contributed by atoms with E-state index < -0.39 is 29.0 Å². The number of piperidine rings is 1. The summed E-state index contributed by atoms with van der Waals surface area (Å²) in [4.78, 5) is 28.5. The van der Waals surface area contributed by atoms with E-state index >= 15 is 0 Å². The van der Waals surface area contributed by atoms with Crippen molar-refractivity contribution in [3.63, 3.8) is 0 Å². The third kappa shape index (κ3) is 6.29. The average molecular weight is 503 g/mol. The number of alkyl halides is 3. The molecule has 15 heteroatoms. The molecule has 2 aromatic rings. The number of nitro groups is 1. The molecule has 1 fully saturated rings. The van der Waals surface area contributed by atoms with E-state index in [2.05, 4.69) is 15.0 Å². The molecule has 2 aliphatic heterocycles. The van der Waals surface area contributed by atoms with Gasteiger partial charge < -0.3 is 29.6 Å². The van der Waals surface area contributed by atoms with Crippen LogP contribution < -0.4 is 19.5 Å². The average Bonchev–Trinajstić information content (AvgIpc) is 3.22. The summed E-state index contributed by atoms with van der Waals surface area (Å²) in [5, 5.41) is 13.8. The zero-order chi connectivity index (χ0) is 25.2. The molecular weight excluding hydrogens is 482 g/mol. The number of likely N-dealkylation sites (tertiary alicyclic amines) is 1. The van der Waals surface area contributed by atoms with Crippen LogP contribution in [0.4, 0.5) is 23.4 Å². The molecule has 1 saturated heterocycles. The Morgan fingerprint density at radius 3 is 2.69 bits per heavy atom. The van der Waals surface area contributed by atoms with Gasteiger partial charge in [-0.25, -0.2) is 4.39 Å². The van der Waals surface area contributed by atoms with Gasteiger partial charge in [0, 0.05) is 30.6 Å². The van der Waals surface area contributed by atoms with Crippen LogP contribution in [0.3, 0.4) is 0 Å². The quantitative estimate of drug-likeness (QED) is 0.348.